The molecule has 0 bridgehead atoms. The van der Waals surface area contributed by atoms with Gasteiger partial charge in [-0.3, -0.25) is 4.79 Å². The summed E-state index contributed by atoms with van der Waals surface area (Å²) in [5.74, 6) is -0.187. The minimum atomic E-state index is -3.36. The van der Waals surface area contributed by atoms with Crippen LogP contribution in [0.3, 0.4) is 0 Å². The molecule has 0 fully saturated rings. The molecule has 0 aromatic heterocycles. The molecule has 0 atom stereocenters. The molecule has 6 heteroatoms. The fourth-order valence-electron chi connectivity index (χ4n) is 1.78. The van der Waals surface area contributed by atoms with E-state index in [9.17, 15) is 13.2 Å². The molecule has 0 unspecified atom stereocenters. The Morgan fingerprint density at radius 2 is 1.85 bits per heavy atom. The van der Waals surface area contributed by atoms with Crippen LogP contribution < -0.4 is 9.62 Å². The van der Waals surface area contributed by atoms with Crippen molar-refractivity contribution in [3.63, 3.8) is 0 Å². The van der Waals surface area contributed by atoms with Crippen LogP contribution in [-0.2, 0) is 14.8 Å². The van der Waals surface area contributed by atoms with Crippen LogP contribution in [0.4, 0.5) is 5.69 Å². The Morgan fingerprint density at radius 3 is 2.40 bits per heavy atom. The number of para-hydroxylation sites is 1. The first-order valence-corrected chi connectivity index (χ1v) is 8.48. The Bertz CT molecular complexity index is 514. The lowest BCUT2D eigenvalue weighted by molar-refractivity contribution is -0.117. The first kappa shape index (κ1) is 16.7. The maximum atomic E-state index is 12.1. The highest BCUT2D eigenvalue weighted by molar-refractivity contribution is 7.89. The molecule has 112 valence electrons. The van der Waals surface area contributed by atoms with Crippen molar-refractivity contribution in [1.29, 1.82) is 0 Å². The lowest BCUT2D eigenvalue weighted by Crippen LogP contribution is -2.40. The number of carbonyl (C=O) groups is 1. The lowest BCUT2D eigenvalue weighted by atomic mass is 10.3. The number of benzene rings is 1. The van der Waals surface area contributed by atoms with Crippen molar-refractivity contribution in [2.45, 2.75) is 26.7 Å². The molecule has 0 saturated carbocycles. The molecule has 0 heterocycles. The summed E-state index contributed by atoms with van der Waals surface area (Å²) in [6.07, 6.45) is 1.40. The van der Waals surface area contributed by atoms with Crippen LogP contribution in [-0.4, -0.2) is 33.2 Å². The van der Waals surface area contributed by atoms with Crippen molar-refractivity contribution < 1.29 is 13.2 Å². The first-order valence-electron chi connectivity index (χ1n) is 6.83. The Labute approximate surface area is 121 Å². The van der Waals surface area contributed by atoms with E-state index in [0.29, 0.717) is 13.0 Å². The van der Waals surface area contributed by atoms with Gasteiger partial charge in [-0.25, -0.2) is 13.1 Å². The average Bonchev–Trinajstić information content (AvgIpc) is 2.45. The van der Waals surface area contributed by atoms with Crippen LogP contribution in [0.5, 0.6) is 0 Å². The fraction of sp³-hybridized carbons (Fsp3) is 0.500. The van der Waals surface area contributed by atoms with Crippen molar-refractivity contribution in [2.75, 3.05) is 23.7 Å². The smallest absolute Gasteiger partial charge is 0.242 e. The Morgan fingerprint density at radius 1 is 1.20 bits per heavy atom. The lowest BCUT2D eigenvalue weighted by Gasteiger charge is -2.21. The molecule has 0 radical (unpaired) electrons. The van der Waals surface area contributed by atoms with Gasteiger partial charge in [0, 0.05) is 12.2 Å². The summed E-state index contributed by atoms with van der Waals surface area (Å²) in [6, 6.07) is 9.21. The van der Waals surface area contributed by atoms with Crippen molar-refractivity contribution in [1.82, 2.24) is 4.72 Å². The number of anilines is 1. The van der Waals surface area contributed by atoms with E-state index in [1.165, 1.54) is 0 Å². The number of unbranched alkanes of at least 4 members (excludes halogenated alkanes) is 1. The Hall–Kier alpha value is -1.40. The summed E-state index contributed by atoms with van der Waals surface area (Å²) >= 11 is 0. The average molecular weight is 298 g/mol. The number of hydrogen-bond acceptors (Lipinski definition) is 3. The van der Waals surface area contributed by atoms with E-state index in [1.807, 2.05) is 44.2 Å². The molecule has 1 aromatic rings. The number of hydrogen-bond donors (Lipinski definition) is 1. The zero-order valence-corrected chi connectivity index (χ0v) is 12.8. The predicted molar refractivity (Wildman–Crippen MR) is 81.2 cm³/mol. The van der Waals surface area contributed by atoms with E-state index in [2.05, 4.69) is 4.72 Å². The number of likely N-dealkylation sites (N-methyl/N-ethyl adjacent to an activating group) is 1. The summed E-state index contributed by atoms with van der Waals surface area (Å²) in [5.41, 5.74) is 0.771. The highest BCUT2D eigenvalue weighted by Gasteiger charge is 2.17. The largest absolute Gasteiger partial charge is 0.312 e. The number of amides is 1. The maximum Gasteiger partial charge on any atom is 0.242 e. The summed E-state index contributed by atoms with van der Waals surface area (Å²) in [6.45, 7) is 4.08. The van der Waals surface area contributed by atoms with Gasteiger partial charge in [0.15, 0.2) is 0 Å². The van der Waals surface area contributed by atoms with Crippen LogP contribution in [0.2, 0.25) is 0 Å². The SMILES string of the molecule is CCCCS(=O)(=O)NCC(=O)N(CC)c1ccccc1. The maximum absolute atomic E-state index is 12.1. The molecule has 0 aliphatic rings. The topological polar surface area (TPSA) is 66.5 Å². The van der Waals surface area contributed by atoms with E-state index in [1.54, 1.807) is 4.90 Å². The molecule has 0 aliphatic carbocycles. The molecule has 0 spiro atoms. The second kappa shape index (κ2) is 8.01. The number of nitrogens with one attached hydrogen (secondary N) is 1. The minimum absolute atomic E-state index is 0.0637. The van der Waals surface area contributed by atoms with Gasteiger partial charge in [0.05, 0.1) is 12.3 Å². The Kier molecular flexibility index (Phi) is 6.67. The van der Waals surface area contributed by atoms with Crippen LogP contribution in [0, 0.1) is 0 Å². The zero-order valence-electron chi connectivity index (χ0n) is 12.0. The molecule has 1 N–H and O–H groups in total. The van der Waals surface area contributed by atoms with E-state index >= 15 is 0 Å². The molecule has 1 aromatic carbocycles. The summed E-state index contributed by atoms with van der Waals surface area (Å²) in [4.78, 5) is 13.7. The molecule has 1 amide bonds. The van der Waals surface area contributed by atoms with Gasteiger partial charge in [0.2, 0.25) is 15.9 Å². The molecule has 0 aliphatic heterocycles. The third-order valence-electron chi connectivity index (χ3n) is 2.90. The van der Waals surface area contributed by atoms with Crippen molar-refractivity contribution >= 4 is 21.6 Å². The second-order valence-corrected chi connectivity index (χ2v) is 6.39. The van der Waals surface area contributed by atoms with Crippen molar-refractivity contribution in [2.24, 2.45) is 0 Å². The number of rotatable bonds is 8. The van der Waals surface area contributed by atoms with Crippen LogP contribution in [0.1, 0.15) is 26.7 Å². The highest BCUT2D eigenvalue weighted by Crippen LogP contribution is 2.12. The van der Waals surface area contributed by atoms with Gasteiger partial charge in [-0.2, -0.15) is 0 Å². The molecular formula is C14H22N2O3S. The second-order valence-electron chi connectivity index (χ2n) is 4.47. The molecular weight excluding hydrogens is 276 g/mol. The van der Waals surface area contributed by atoms with Gasteiger partial charge < -0.3 is 4.90 Å². The third kappa shape index (κ3) is 5.30. The number of carbonyl (C=O) groups excluding carboxylic acids is 1. The summed E-state index contributed by atoms with van der Waals surface area (Å²) < 4.78 is 25.7. The number of nitrogens with zero attached hydrogens (tertiary/aromatic N) is 1. The molecule has 0 saturated heterocycles. The highest BCUT2D eigenvalue weighted by atomic mass is 32.2. The van der Waals surface area contributed by atoms with Gasteiger partial charge in [0.1, 0.15) is 0 Å². The summed E-state index contributed by atoms with van der Waals surface area (Å²) in [5, 5.41) is 0. The van der Waals surface area contributed by atoms with Gasteiger partial charge >= 0.3 is 0 Å². The quantitative estimate of drug-likeness (QED) is 0.795. The normalized spacial score (nSPS) is 11.3. The van der Waals surface area contributed by atoms with Crippen molar-refractivity contribution in [3.8, 4) is 0 Å². The minimum Gasteiger partial charge on any atom is -0.312 e. The molecule has 5 nitrogen and oxygen atoms in total. The van der Waals surface area contributed by atoms with Gasteiger partial charge in [-0.1, -0.05) is 31.5 Å². The van der Waals surface area contributed by atoms with E-state index < -0.39 is 10.0 Å². The monoisotopic (exact) mass is 298 g/mol. The zero-order chi connectivity index (χ0) is 15.0. The molecule has 20 heavy (non-hydrogen) atoms. The van der Waals surface area contributed by atoms with Crippen LogP contribution in [0.15, 0.2) is 30.3 Å². The fourth-order valence-corrected chi connectivity index (χ4v) is 2.94. The van der Waals surface area contributed by atoms with Gasteiger partial charge in [-0.15, -0.1) is 0 Å². The van der Waals surface area contributed by atoms with E-state index in [0.717, 1.165) is 12.1 Å². The number of sulfonamides is 1. The van der Waals surface area contributed by atoms with Crippen LogP contribution in [0.25, 0.3) is 0 Å². The van der Waals surface area contributed by atoms with Gasteiger partial charge in [-0.05, 0) is 25.5 Å². The van der Waals surface area contributed by atoms with E-state index in [4.69, 9.17) is 0 Å². The Balaban J connectivity index is 2.61. The first-order chi connectivity index (χ1) is 9.50. The van der Waals surface area contributed by atoms with Gasteiger partial charge in [0.25, 0.3) is 0 Å². The molecule has 1 rings (SSSR count). The van der Waals surface area contributed by atoms with Crippen molar-refractivity contribution in [3.05, 3.63) is 30.3 Å². The predicted octanol–water partition coefficient (Wildman–Crippen LogP) is 1.76. The van der Waals surface area contributed by atoms with E-state index in [-0.39, 0.29) is 18.2 Å². The van der Waals surface area contributed by atoms with Crippen LogP contribution >= 0.6 is 0 Å². The summed E-state index contributed by atoms with van der Waals surface area (Å²) in [7, 11) is -3.36. The standard InChI is InChI=1S/C14H22N2O3S/c1-3-5-11-20(18,19)15-12-14(17)16(4-2)13-9-7-6-8-10-13/h6-10,15H,3-5,11-12H2,1-2H3. The third-order valence-corrected chi connectivity index (χ3v) is 4.31.